The molecule has 1 fully saturated rings. The number of anilines is 1. The van der Waals surface area contributed by atoms with E-state index >= 15 is 0 Å². The number of piperidine rings is 1. The van der Waals surface area contributed by atoms with Crippen molar-refractivity contribution in [3.63, 3.8) is 0 Å². The molecule has 3 aromatic rings. The fourth-order valence-corrected chi connectivity index (χ4v) is 5.29. The molecule has 2 heterocycles. The number of carbonyl (C=O) groups excluding carboxylic acids is 1. The highest BCUT2D eigenvalue weighted by Crippen LogP contribution is 2.22. The standard InChI is InChI=1S/C23H25FN4O3S/c1-17-15-22(28(26-17)20-9-7-19(24)8-10-20)25-23(29)16-18-5-11-21(12-6-18)32(30,31)27-13-3-2-4-14-27/h5-12,15H,2-4,13-14,16H2,1H3,(H,25,29). The van der Waals surface area contributed by atoms with Gasteiger partial charge in [-0.3, -0.25) is 4.79 Å². The van der Waals surface area contributed by atoms with Crippen molar-refractivity contribution in [1.29, 1.82) is 0 Å². The molecule has 0 atom stereocenters. The lowest BCUT2D eigenvalue weighted by Crippen LogP contribution is -2.35. The molecule has 1 aromatic heterocycles. The SMILES string of the molecule is Cc1cc(NC(=O)Cc2ccc(S(=O)(=O)N3CCCCC3)cc2)n(-c2ccc(F)cc2)n1. The van der Waals surface area contributed by atoms with Crippen LogP contribution in [0.15, 0.2) is 59.5 Å². The molecule has 0 radical (unpaired) electrons. The molecule has 1 aliphatic rings. The Hall–Kier alpha value is -3.04. The molecule has 1 N–H and O–H groups in total. The van der Waals surface area contributed by atoms with E-state index in [1.807, 2.05) is 0 Å². The predicted molar refractivity (Wildman–Crippen MR) is 120 cm³/mol. The second-order valence-corrected chi connectivity index (χ2v) is 9.83. The third kappa shape index (κ3) is 4.89. The Morgan fingerprint density at radius 1 is 1.03 bits per heavy atom. The Kier molecular flexibility index (Phi) is 6.38. The first-order valence-corrected chi connectivity index (χ1v) is 12.0. The average molecular weight is 457 g/mol. The van der Waals surface area contributed by atoms with E-state index in [9.17, 15) is 17.6 Å². The number of amides is 1. The maximum atomic E-state index is 13.2. The molecule has 1 aliphatic heterocycles. The number of hydrogen-bond donors (Lipinski definition) is 1. The lowest BCUT2D eigenvalue weighted by atomic mass is 10.1. The Labute approximate surface area is 186 Å². The molecule has 1 amide bonds. The molecule has 0 unspecified atom stereocenters. The molecule has 2 aromatic carbocycles. The van der Waals surface area contributed by atoms with Crippen molar-refractivity contribution in [2.75, 3.05) is 18.4 Å². The molecular formula is C23H25FN4O3S. The van der Waals surface area contributed by atoms with Gasteiger partial charge in [-0.05, 0) is 61.7 Å². The first-order valence-electron chi connectivity index (χ1n) is 10.5. The maximum Gasteiger partial charge on any atom is 0.243 e. The minimum atomic E-state index is -3.50. The normalized spacial score (nSPS) is 14.9. The number of nitrogens with one attached hydrogen (secondary N) is 1. The number of benzene rings is 2. The molecular weight excluding hydrogens is 431 g/mol. The van der Waals surface area contributed by atoms with E-state index in [4.69, 9.17) is 0 Å². The van der Waals surface area contributed by atoms with Crippen molar-refractivity contribution in [1.82, 2.24) is 14.1 Å². The van der Waals surface area contributed by atoms with Gasteiger partial charge in [-0.15, -0.1) is 0 Å². The van der Waals surface area contributed by atoms with Gasteiger partial charge in [0.05, 0.1) is 22.7 Å². The third-order valence-electron chi connectivity index (χ3n) is 5.41. The van der Waals surface area contributed by atoms with Crippen LogP contribution in [0.1, 0.15) is 30.5 Å². The summed E-state index contributed by atoms with van der Waals surface area (Å²) in [6.07, 6.45) is 2.90. The minimum Gasteiger partial charge on any atom is -0.310 e. The Morgan fingerprint density at radius 3 is 2.34 bits per heavy atom. The van der Waals surface area contributed by atoms with E-state index in [2.05, 4.69) is 10.4 Å². The molecule has 168 valence electrons. The lowest BCUT2D eigenvalue weighted by molar-refractivity contribution is -0.115. The fraction of sp³-hybridized carbons (Fsp3) is 0.304. The molecule has 0 spiro atoms. The van der Waals surface area contributed by atoms with Crippen LogP contribution < -0.4 is 5.32 Å². The summed E-state index contributed by atoms with van der Waals surface area (Å²) in [5, 5.41) is 7.19. The van der Waals surface area contributed by atoms with Crippen LogP contribution in [0.2, 0.25) is 0 Å². The molecule has 9 heteroatoms. The van der Waals surface area contributed by atoms with Crippen LogP contribution in [-0.2, 0) is 21.2 Å². The summed E-state index contributed by atoms with van der Waals surface area (Å²) in [6.45, 7) is 2.90. The molecule has 4 rings (SSSR count). The molecule has 0 bridgehead atoms. The second kappa shape index (κ2) is 9.22. The van der Waals surface area contributed by atoms with Gasteiger partial charge in [0.15, 0.2) is 0 Å². The second-order valence-electron chi connectivity index (χ2n) is 7.89. The average Bonchev–Trinajstić information content (AvgIpc) is 3.15. The van der Waals surface area contributed by atoms with E-state index in [-0.39, 0.29) is 23.0 Å². The lowest BCUT2D eigenvalue weighted by Gasteiger charge is -2.25. The molecule has 1 saturated heterocycles. The summed E-state index contributed by atoms with van der Waals surface area (Å²) >= 11 is 0. The molecule has 7 nitrogen and oxygen atoms in total. The topological polar surface area (TPSA) is 84.3 Å². The van der Waals surface area contributed by atoms with Crippen LogP contribution in [-0.4, -0.2) is 41.5 Å². The number of hydrogen-bond acceptors (Lipinski definition) is 4. The highest BCUT2D eigenvalue weighted by Gasteiger charge is 2.25. The van der Waals surface area contributed by atoms with Crippen molar-refractivity contribution in [3.05, 3.63) is 71.7 Å². The van der Waals surface area contributed by atoms with Crippen molar-refractivity contribution in [3.8, 4) is 5.69 Å². The van der Waals surface area contributed by atoms with Gasteiger partial charge in [-0.2, -0.15) is 9.40 Å². The van der Waals surface area contributed by atoms with Crippen LogP contribution in [0, 0.1) is 12.7 Å². The smallest absolute Gasteiger partial charge is 0.243 e. The van der Waals surface area contributed by atoms with Crippen molar-refractivity contribution in [2.24, 2.45) is 0 Å². The van der Waals surface area contributed by atoms with Crippen molar-refractivity contribution in [2.45, 2.75) is 37.5 Å². The zero-order valence-corrected chi connectivity index (χ0v) is 18.6. The van der Waals surface area contributed by atoms with E-state index in [1.165, 1.54) is 16.4 Å². The summed E-state index contributed by atoms with van der Waals surface area (Å²) in [5.41, 5.74) is 2.03. The van der Waals surface area contributed by atoms with Crippen LogP contribution >= 0.6 is 0 Å². The predicted octanol–water partition coefficient (Wildman–Crippen LogP) is 3.68. The number of aromatic nitrogens is 2. The first kappa shape index (κ1) is 22.2. The van der Waals surface area contributed by atoms with Gasteiger partial charge in [-0.25, -0.2) is 17.5 Å². The Morgan fingerprint density at radius 2 is 1.69 bits per heavy atom. The number of nitrogens with zero attached hydrogens (tertiary/aromatic N) is 3. The van der Waals surface area contributed by atoms with E-state index in [0.29, 0.717) is 35.9 Å². The number of sulfonamides is 1. The zero-order chi connectivity index (χ0) is 22.7. The van der Waals surface area contributed by atoms with Crippen molar-refractivity contribution < 1.29 is 17.6 Å². The summed E-state index contributed by atoms with van der Waals surface area (Å²) in [5.74, 6) is -0.141. The van der Waals surface area contributed by atoms with Gasteiger partial charge in [0.2, 0.25) is 15.9 Å². The van der Waals surface area contributed by atoms with Gasteiger partial charge >= 0.3 is 0 Å². The number of carbonyl (C=O) groups is 1. The Balaban J connectivity index is 1.44. The summed E-state index contributed by atoms with van der Waals surface area (Å²) in [4.78, 5) is 12.9. The molecule has 32 heavy (non-hydrogen) atoms. The van der Waals surface area contributed by atoms with Crippen LogP contribution in [0.3, 0.4) is 0 Å². The summed E-state index contributed by atoms with van der Waals surface area (Å²) in [7, 11) is -3.50. The Bertz CT molecular complexity index is 1200. The highest BCUT2D eigenvalue weighted by atomic mass is 32.2. The quantitative estimate of drug-likeness (QED) is 0.613. The minimum absolute atomic E-state index is 0.0810. The molecule has 0 aliphatic carbocycles. The van der Waals surface area contributed by atoms with Crippen LogP contribution in [0.4, 0.5) is 10.2 Å². The zero-order valence-electron chi connectivity index (χ0n) is 17.8. The largest absolute Gasteiger partial charge is 0.310 e. The maximum absolute atomic E-state index is 13.2. The summed E-state index contributed by atoms with van der Waals surface area (Å²) < 4.78 is 41.8. The van der Waals surface area contributed by atoms with Gasteiger partial charge in [-0.1, -0.05) is 18.6 Å². The molecule has 0 saturated carbocycles. The van der Waals surface area contributed by atoms with Crippen LogP contribution in [0.25, 0.3) is 5.69 Å². The van der Waals surface area contributed by atoms with Crippen LogP contribution in [0.5, 0.6) is 0 Å². The number of aryl methyl sites for hydroxylation is 1. The van der Waals surface area contributed by atoms with E-state index in [0.717, 1.165) is 19.3 Å². The summed E-state index contributed by atoms with van der Waals surface area (Å²) in [6, 6.07) is 14.0. The van der Waals surface area contributed by atoms with Crippen molar-refractivity contribution >= 4 is 21.7 Å². The van der Waals surface area contributed by atoms with Gasteiger partial charge in [0, 0.05) is 19.2 Å². The number of halogens is 1. The van der Waals surface area contributed by atoms with E-state index in [1.54, 1.807) is 54.1 Å². The van der Waals surface area contributed by atoms with E-state index < -0.39 is 10.0 Å². The third-order valence-corrected chi connectivity index (χ3v) is 7.32. The van der Waals surface area contributed by atoms with Gasteiger partial charge in [0.25, 0.3) is 0 Å². The fourth-order valence-electron chi connectivity index (χ4n) is 3.77. The number of rotatable bonds is 6. The highest BCUT2D eigenvalue weighted by molar-refractivity contribution is 7.89. The van der Waals surface area contributed by atoms with Gasteiger partial charge < -0.3 is 5.32 Å². The van der Waals surface area contributed by atoms with Gasteiger partial charge in [0.1, 0.15) is 11.6 Å². The first-order chi connectivity index (χ1) is 15.3. The monoisotopic (exact) mass is 456 g/mol.